The van der Waals surface area contributed by atoms with E-state index in [0.717, 1.165) is 28.9 Å². The lowest BCUT2D eigenvalue weighted by Crippen LogP contribution is -2.18. The summed E-state index contributed by atoms with van der Waals surface area (Å²) in [6, 6.07) is 13.3. The van der Waals surface area contributed by atoms with E-state index in [9.17, 15) is 13.2 Å². The molecule has 0 amide bonds. The molecule has 2 nitrogen and oxygen atoms in total. The summed E-state index contributed by atoms with van der Waals surface area (Å²) in [6.07, 6.45) is -0.327. The molecule has 0 saturated heterocycles. The summed E-state index contributed by atoms with van der Waals surface area (Å²) in [5, 5.41) is 1.17. The van der Waals surface area contributed by atoms with Crippen molar-refractivity contribution in [3.63, 3.8) is 0 Å². The molecular weight excluding hydrogens is 289 g/mol. The van der Waals surface area contributed by atoms with E-state index in [4.69, 9.17) is 0 Å². The first-order chi connectivity index (χ1) is 10.5. The fourth-order valence-electron chi connectivity index (χ4n) is 2.88. The number of hydrogen-bond donors (Lipinski definition) is 0. The fourth-order valence-corrected chi connectivity index (χ4v) is 2.88. The molecule has 0 radical (unpaired) electrons. The maximum absolute atomic E-state index is 12.6. The zero-order valence-corrected chi connectivity index (χ0v) is 11.5. The maximum atomic E-state index is 12.6. The van der Waals surface area contributed by atoms with Gasteiger partial charge in [-0.3, -0.25) is 4.57 Å². The first-order valence-electron chi connectivity index (χ1n) is 6.89. The third kappa shape index (κ3) is 2.01. The number of hydrogen-bond acceptors (Lipinski definition) is 0. The number of nitrogens with zero attached hydrogens (tertiary/aromatic N) is 2. The van der Waals surface area contributed by atoms with Crippen LogP contribution in [0, 0.1) is 0 Å². The van der Waals surface area contributed by atoms with Crippen LogP contribution in [-0.2, 0) is 12.8 Å². The van der Waals surface area contributed by atoms with Gasteiger partial charge in [-0.15, -0.1) is 0 Å². The van der Waals surface area contributed by atoms with Gasteiger partial charge in [-0.05, 0) is 24.3 Å². The molecule has 0 bridgehead atoms. The molecule has 1 aromatic heterocycles. The van der Waals surface area contributed by atoms with Crippen molar-refractivity contribution in [1.29, 1.82) is 0 Å². The van der Waals surface area contributed by atoms with Gasteiger partial charge in [-0.1, -0.05) is 12.1 Å². The Kier molecular flexibility index (Phi) is 2.66. The van der Waals surface area contributed by atoms with Crippen LogP contribution in [0.2, 0.25) is 0 Å². The molecule has 1 aliphatic heterocycles. The molecule has 22 heavy (non-hydrogen) atoms. The van der Waals surface area contributed by atoms with Gasteiger partial charge < -0.3 is 0 Å². The molecule has 2 aromatic carbocycles. The van der Waals surface area contributed by atoms with E-state index in [1.807, 2.05) is 35.2 Å². The van der Waals surface area contributed by atoms with Gasteiger partial charge in [-0.25, -0.2) is 0 Å². The van der Waals surface area contributed by atoms with Crippen molar-refractivity contribution in [3.8, 4) is 0 Å². The van der Waals surface area contributed by atoms with Crippen LogP contribution in [0.4, 0.5) is 18.9 Å². The Morgan fingerprint density at radius 2 is 1.73 bits per heavy atom. The van der Waals surface area contributed by atoms with Crippen molar-refractivity contribution >= 4 is 22.8 Å². The van der Waals surface area contributed by atoms with Crippen molar-refractivity contribution < 1.29 is 17.7 Å². The molecule has 0 saturated carbocycles. The van der Waals surface area contributed by atoms with E-state index in [0.29, 0.717) is 6.67 Å². The Hall–Kier alpha value is -2.56. The lowest BCUT2D eigenvalue weighted by Gasteiger charge is -2.13. The van der Waals surface area contributed by atoms with Gasteiger partial charge >= 0.3 is 6.18 Å². The monoisotopic (exact) mass is 301 g/mol. The molecule has 0 unspecified atom stereocenters. The molecule has 0 aliphatic carbocycles. The summed E-state index contributed by atoms with van der Waals surface area (Å²) in [7, 11) is 0. The van der Waals surface area contributed by atoms with Gasteiger partial charge in [0.1, 0.15) is 0 Å². The first-order valence-corrected chi connectivity index (χ1v) is 6.89. The molecule has 5 heteroatoms. The van der Waals surface area contributed by atoms with Crippen LogP contribution >= 0.6 is 0 Å². The molecule has 1 aliphatic rings. The Labute approximate surface area is 124 Å². The van der Waals surface area contributed by atoms with Crippen molar-refractivity contribution in [2.45, 2.75) is 12.8 Å². The van der Waals surface area contributed by atoms with Crippen LogP contribution in [0.1, 0.15) is 11.1 Å². The molecular formula is C17H12F3N2+. The molecule has 4 rings (SSSR count). The number of halogens is 3. The summed E-state index contributed by atoms with van der Waals surface area (Å²) in [4.78, 5) is 0. The average molecular weight is 301 g/mol. The van der Waals surface area contributed by atoms with Crippen LogP contribution in [0.5, 0.6) is 0 Å². The van der Waals surface area contributed by atoms with Gasteiger partial charge in [0.05, 0.1) is 16.6 Å². The minimum Gasteiger partial charge on any atom is -0.291 e. The SMILES string of the molecule is FC(F)(F)c1ccc([N+]2=Cc3cccc4ccn(c34)C2)cc1. The van der Waals surface area contributed by atoms with E-state index >= 15 is 0 Å². The third-order valence-corrected chi connectivity index (χ3v) is 3.95. The highest BCUT2D eigenvalue weighted by atomic mass is 19.4. The Balaban J connectivity index is 1.77. The fraction of sp³-hybridized carbons (Fsp3) is 0.118. The Morgan fingerprint density at radius 1 is 0.955 bits per heavy atom. The van der Waals surface area contributed by atoms with Gasteiger partial charge in [0, 0.05) is 23.7 Å². The predicted octanol–water partition coefficient (Wildman–Crippen LogP) is 4.39. The summed E-state index contributed by atoms with van der Waals surface area (Å²) in [6.45, 7) is 0.589. The topological polar surface area (TPSA) is 7.94 Å². The Bertz CT molecular complexity index is 886. The molecule has 3 aromatic rings. The number of rotatable bonds is 1. The summed E-state index contributed by atoms with van der Waals surface area (Å²) in [5.74, 6) is 0. The van der Waals surface area contributed by atoms with E-state index in [-0.39, 0.29) is 0 Å². The maximum Gasteiger partial charge on any atom is 0.416 e. The molecule has 2 heterocycles. The van der Waals surface area contributed by atoms with E-state index in [1.54, 1.807) is 0 Å². The van der Waals surface area contributed by atoms with Crippen molar-refractivity contribution in [2.75, 3.05) is 0 Å². The first kappa shape index (κ1) is 13.1. The largest absolute Gasteiger partial charge is 0.416 e. The van der Waals surface area contributed by atoms with Crippen LogP contribution in [-0.4, -0.2) is 15.4 Å². The summed E-state index contributed by atoms with van der Waals surface area (Å²) < 4.78 is 42.0. The van der Waals surface area contributed by atoms with E-state index in [1.165, 1.54) is 17.5 Å². The lowest BCUT2D eigenvalue weighted by molar-refractivity contribution is -0.471. The summed E-state index contributed by atoms with van der Waals surface area (Å²) in [5.41, 5.74) is 2.33. The third-order valence-electron chi connectivity index (χ3n) is 3.95. The van der Waals surface area contributed by atoms with Crippen LogP contribution in [0.15, 0.2) is 54.7 Å². The van der Waals surface area contributed by atoms with Crippen LogP contribution in [0.25, 0.3) is 10.9 Å². The number of alkyl halides is 3. The smallest absolute Gasteiger partial charge is 0.291 e. The van der Waals surface area contributed by atoms with E-state index in [2.05, 4.69) is 10.6 Å². The van der Waals surface area contributed by atoms with Crippen LogP contribution < -0.4 is 0 Å². The zero-order valence-electron chi connectivity index (χ0n) is 11.5. The highest BCUT2D eigenvalue weighted by molar-refractivity contribution is 5.97. The number of para-hydroxylation sites is 1. The van der Waals surface area contributed by atoms with E-state index < -0.39 is 11.7 Å². The second-order valence-electron chi connectivity index (χ2n) is 5.36. The number of benzene rings is 2. The van der Waals surface area contributed by atoms with Crippen LogP contribution in [0.3, 0.4) is 0 Å². The Morgan fingerprint density at radius 3 is 2.45 bits per heavy atom. The van der Waals surface area contributed by atoms with Crippen molar-refractivity contribution in [3.05, 3.63) is 65.9 Å². The van der Waals surface area contributed by atoms with Crippen molar-refractivity contribution in [2.24, 2.45) is 0 Å². The normalized spacial score (nSPS) is 14.2. The molecule has 0 fully saturated rings. The number of aromatic nitrogens is 1. The predicted molar refractivity (Wildman–Crippen MR) is 78.5 cm³/mol. The minimum atomic E-state index is -4.30. The van der Waals surface area contributed by atoms with Gasteiger partial charge in [0.15, 0.2) is 6.21 Å². The second-order valence-corrected chi connectivity index (χ2v) is 5.36. The molecule has 0 atom stereocenters. The van der Waals surface area contributed by atoms with Gasteiger partial charge in [0.2, 0.25) is 12.4 Å². The highest BCUT2D eigenvalue weighted by Gasteiger charge is 2.30. The lowest BCUT2D eigenvalue weighted by atomic mass is 10.1. The highest BCUT2D eigenvalue weighted by Crippen LogP contribution is 2.31. The average Bonchev–Trinajstić information content (AvgIpc) is 2.92. The second kappa shape index (κ2) is 4.47. The zero-order chi connectivity index (χ0) is 15.3. The van der Waals surface area contributed by atoms with Gasteiger partial charge in [0.25, 0.3) is 0 Å². The quantitative estimate of drug-likeness (QED) is 0.589. The standard InChI is InChI=1S/C17H12F3N2/c18-17(19,20)14-4-6-15(7-5-14)22-10-13-3-1-2-12-8-9-21(11-22)16(12)13/h1-10H,11H2/q+1. The van der Waals surface area contributed by atoms with Crippen molar-refractivity contribution in [1.82, 2.24) is 4.57 Å². The molecule has 0 spiro atoms. The molecule has 110 valence electrons. The minimum absolute atomic E-state index is 0.589. The van der Waals surface area contributed by atoms with Gasteiger partial charge in [-0.2, -0.15) is 17.7 Å². The molecule has 0 N–H and O–H groups in total. The summed E-state index contributed by atoms with van der Waals surface area (Å²) >= 11 is 0.